The van der Waals surface area contributed by atoms with Gasteiger partial charge in [0.25, 0.3) is 11.6 Å². The summed E-state index contributed by atoms with van der Waals surface area (Å²) in [4.78, 5) is 26.4. The molecule has 0 saturated carbocycles. The van der Waals surface area contributed by atoms with E-state index in [9.17, 15) is 14.9 Å². The number of carbonyl (C=O) groups is 1. The molecule has 0 atom stereocenters. The fourth-order valence-electron chi connectivity index (χ4n) is 1.55. The third kappa shape index (κ3) is 2.94. The van der Waals surface area contributed by atoms with Crippen molar-refractivity contribution in [3.8, 4) is 0 Å². The van der Waals surface area contributed by atoms with E-state index in [0.717, 1.165) is 10.6 Å². The summed E-state index contributed by atoms with van der Waals surface area (Å²) >= 11 is 1.35. The molecule has 0 saturated heterocycles. The zero-order chi connectivity index (χ0) is 14.0. The first-order chi connectivity index (χ1) is 8.97. The topological polar surface area (TPSA) is 85.1 Å². The van der Waals surface area contributed by atoms with Crippen LogP contribution >= 0.6 is 11.3 Å². The zero-order valence-electron chi connectivity index (χ0n) is 10.3. The molecule has 0 aliphatic carbocycles. The number of nitro groups is 1. The Morgan fingerprint density at radius 3 is 2.74 bits per heavy atom. The number of anilines is 1. The molecule has 0 unspecified atom stereocenters. The van der Waals surface area contributed by atoms with Gasteiger partial charge in [-0.05, 0) is 25.5 Å². The fourth-order valence-corrected chi connectivity index (χ4v) is 2.15. The summed E-state index contributed by atoms with van der Waals surface area (Å²) < 4.78 is 0. The molecule has 0 aliphatic heterocycles. The van der Waals surface area contributed by atoms with E-state index < -0.39 is 10.8 Å². The van der Waals surface area contributed by atoms with Crippen LogP contribution in [0.2, 0.25) is 0 Å². The largest absolute Gasteiger partial charge is 0.315 e. The lowest BCUT2D eigenvalue weighted by molar-refractivity contribution is -0.384. The van der Waals surface area contributed by atoms with Gasteiger partial charge in [-0.2, -0.15) is 0 Å². The summed E-state index contributed by atoms with van der Waals surface area (Å²) in [5, 5.41) is 15.8. The van der Waals surface area contributed by atoms with Crippen LogP contribution in [0.1, 0.15) is 21.1 Å². The Labute approximate surface area is 113 Å². The third-order valence-corrected chi connectivity index (χ3v) is 3.22. The van der Waals surface area contributed by atoms with E-state index in [1.807, 2.05) is 0 Å². The van der Waals surface area contributed by atoms with E-state index in [1.54, 1.807) is 25.3 Å². The number of hydrogen-bond donors (Lipinski definition) is 1. The van der Waals surface area contributed by atoms with Crippen LogP contribution in [-0.2, 0) is 0 Å². The minimum atomic E-state index is -0.519. The highest BCUT2D eigenvalue weighted by Gasteiger charge is 2.17. The summed E-state index contributed by atoms with van der Waals surface area (Å²) in [5.41, 5.74) is 1.07. The zero-order valence-corrected chi connectivity index (χ0v) is 11.2. The standard InChI is InChI=1S/C12H11N3O3S/c1-7-3-4-9(11(5-7)15(17)18)14-12(16)10-6-19-8(2)13-10/h3-6H,1-2H3,(H,14,16). The molecule has 0 fully saturated rings. The van der Waals surface area contributed by atoms with Crippen LogP contribution in [0.5, 0.6) is 0 Å². The first kappa shape index (κ1) is 13.2. The van der Waals surface area contributed by atoms with Crippen LogP contribution in [-0.4, -0.2) is 15.8 Å². The van der Waals surface area contributed by atoms with Crippen LogP contribution in [0.25, 0.3) is 0 Å². The Morgan fingerprint density at radius 2 is 2.16 bits per heavy atom. The molecule has 1 aromatic carbocycles. The van der Waals surface area contributed by atoms with E-state index in [1.165, 1.54) is 23.5 Å². The van der Waals surface area contributed by atoms with Crippen molar-refractivity contribution in [2.24, 2.45) is 0 Å². The van der Waals surface area contributed by atoms with Crippen molar-refractivity contribution in [3.05, 3.63) is 50.0 Å². The molecule has 2 aromatic rings. The quantitative estimate of drug-likeness (QED) is 0.690. The van der Waals surface area contributed by atoms with Crippen molar-refractivity contribution in [2.45, 2.75) is 13.8 Å². The van der Waals surface area contributed by atoms with E-state index in [2.05, 4.69) is 10.3 Å². The predicted octanol–water partition coefficient (Wildman–Crippen LogP) is 2.92. The highest BCUT2D eigenvalue weighted by Crippen LogP contribution is 2.25. The smallest absolute Gasteiger partial charge is 0.293 e. The van der Waals surface area contributed by atoms with Gasteiger partial charge in [0.15, 0.2) is 0 Å². The molecule has 1 heterocycles. The molecule has 6 nitrogen and oxygen atoms in total. The molecule has 0 aliphatic rings. The molecule has 1 N–H and O–H groups in total. The van der Waals surface area contributed by atoms with Crippen molar-refractivity contribution >= 4 is 28.6 Å². The summed E-state index contributed by atoms with van der Waals surface area (Å²) in [6.45, 7) is 3.54. The van der Waals surface area contributed by atoms with Gasteiger partial charge >= 0.3 is 0 Å². The summed E-state index contributed by atoms with van der Waals surface area (Å²) in [6, 6.07) is 4.64. The summed E-state index contributed by atoms with van der Waals surface area (Å²) in [5.74, 6) is -0.448. The Kier molecular flexibility index (Phi) is 3.57. The summed E-state index contributed by atoms with van der Waals surface area (Å²) in [6.07, 6.45) is 0. The Balaban J connectivity index is 2.28. The Bertz CT molecular complexity index is 651. The van der Waals surface area contributed by atoms with Crippen LogP contribution < -0.4 is 5.32 Å². The van der Waals surface area contributed by atoms with E-state index >= 15 is 0 Å². The molecule has 98 valence electrons. The average molecular weight is 277 g/mol. The van der Waals surface area contributed by atoms with Crippen LogP contribution in [0.15, 0.2) is 23.6 Å². The van der Waals surface area contributed by atoms with Gasteiger partial charge in [0, 0.05) is 11.4 Å². The number of aromatic nitrogens is 1. The molecule has 7 heteroatoms. The summed E-state index contributed by atoms with van der Waals surface area (Å²) in [7, 11) is 0. The Morgan fingerprint density at radius 1 is 1.42 bits per heavy atom. The maximum atomic E-state index is 11.9. The first-order valence-electron chi connectivity index (χ1n) is 5.46. The van der Waals surface area contributed by atoms with Gasteiger partial charge in [-0.15, -0.1) is 11.3 Å². The van der Waals surface area contributed by atoms with E-state index in [0.29, 0.717) is 0 Å². The second-order valence-electron chi connectivity index (χ2n) is 3.98. The Hall–Kier alpha value is -2.28. The second kappa shape index (κ2) is 5.15. The fraction of sp³-hybridized carbons (Fsp3) is 0.167. The number of amides is 1. The number of aryl methyl sites for hydroxylation is 2. The monoisotopic (exact) mass is 277 g/mol. The average Bonchev–Trinajstić information content (AvgIpc) is 2.78. The number of rotatable bonds is 3. The minimum absolute atomic E-state index is 0.125. The number of hydrogen-bond acceptors (Lipinski definition) is 5. The lowest BCUT2D eigenvalue weighted by atomic mass is 10.2. The van der Waals surface area contributed by atoms with Crippen LogP contribution in [0, 0.1) is 24.0 Å². The number of nitro benzene ring substituents is 1. The van der Waals surface area contributed by atoms with Crippen molar-refractivity contribution in [3.63, 3.8) is 0 Å². The van der Waals surface area contributed by atoms with Gasteiger partial charge in [-0.1, -0.05) is 6.07 Å². The van der Waals surface area contributed by atoms with Gasteiger partial charge in [0.1, 0.15) is 11.4 Å². The van der Waals surface area contributed by atoms with Gasteiger partial charge < -0.3 is 5.32 Å². The third-order valence-electron chi connectivity index (χ3n) is 2.45. The predicted molar refractivity (Wildman–Crippen MR) is 72.6 cm³/mol. The maximum absolute atomic E-state index is 11.9. The molecular formula is C12H11N3O3S. The van der Waals surface area contributed by atoms with Gasteiger partial charge in [-0.3, -0.25) is 14.9 Å². The van der Waals surface area contributed by atoms with Gasteiger partial charge in [0.05, 0.1) is 9.93 Å². The molecule has 1 aromatic heterocycles. The van der Waals surface area contributed by atoms with Crippen molar-refractivity contribution < 1.29 is 9.72 Å². The molecule has 2 rings (SSSR count). The molecular weight excluding hydrogens is 266 g/mol. The van der Waals surface area contributed by atoms with Crippen LogP contribution in [0.4, 0.5) is 11.4 Å². The van der Waals surface area contributed by atoms with Crippen LogP contribution in [0.3, 0.4) is 0 Å². The maximum Gasteiger partial charge on any atom is 0.293 e. The first-order valence-corrected chi connectivity index (χ1v) is 6.34. The normalized spacial score (nSPS) is 10.2. The molecule has 0 radical (unpaired) electrons. The number of carbonyl (C=O) groups excluding carboxylic acids is 1. The van der Waals surface area contributed by atoms with Crippen molar-refractivity contribution in [2.75, 3.05) is 5.32 Å². The van der Waals surface area contributed by atoms with Gasteiger partial charge in [0.2, 0.25) is 0 Å². The van der Waals surface area contributed by atoms with Gasteiger partial charge in [-0.25, -0.2) is 4.98 Å². The number of nitrogens with one attached hydrogen (secondary N) is 1. The number of thiazole rings is 1. The van der Waals surface area contributed by atoms with E-state index in [4.69, 9.17) is 0 Å². The molecule has 0 bridgehead atoms. The highest BCUT2D eigenvalue weighted by atomic mass is 32.1. The molecule has 19 heavy (non-hydrogen) atoms. The molecule has 1 amide bonds. The SMILES string of the molecule is Cc1ccc(NC(=O)c2csc(C)n2)c([N+](=O)[O-])c1. The number of nitrogens with zero attached hydrogens (tertiary/aromatic N) is 2. The lowest BCUT2D eigenvalue weighted by Crippen LogP contribution is -2.13. The highest BCUT2D eigenvalue weighted by molar-refractivity contribution is 7.09. The second-order valence-corrected chi connectivity index (χ2v) is 5.05. The van der Waals surface area contributed by atoms with E-state index in [-0.39, 0.29) is 17.1 Å². The van der Waals surface area contributed by atoms with Crippen molar-refractivity contribution in [1.82, 2.24) is 4.98 Å². The lowest BCUT2D eigenvalue weighted by Gasteiger charge is -2.05. The van der Waals surface area contributed by atoms with Crippen molar-refractivity contribution in [1.29, 1.82) is 0 Å². The number of benzene rings is 1. The molecule has 0 spiro atoms. The minimum Gasteiger partial charge on any atom is -0.315 e.